The number of rotatable bonds is 9. The Bertz CT molecular complexity index is 692. The Hall–Kier alpha value is -2.96. The molecule has 0 aliphatic rings. The van der Waals surface area contributed by atoms with Crippen LogP contribution in [0, 0.1) is 0 Å². The number of nitrogens with zero attached hydrogens (tertiary/aromatic N) is 2. The first-order chi connectivity index (χ1) is 12.8. The predicted molar refractivity (Wildman–Crippen MR) is 102 cm³/mol. The van der Waals surface area contributed by atoms with Gasteiger partial charge >= 0.3 is 0 Å². The first-order valence-electron chi connectivity index (χ1n) is 8.45. The fraction of sp³-hybridized carbons (Fsp3) is 0.368. The molecule has 0 aliphatic carbocycles. The quantitative estimate of drug-likeness (QED) is 0.405. The minimum atomic E-state index is 0.530. The van der Waals surface area contributed by atoms with Crippen LogP contribution in [0.1, 0.15) is 5.56 Å². The number of hydrogen-bond donors (Lipinski definition) is 2. The van der Waals surface area contributed by atoms with Crippen LogP contribution in [0.25, 0.3) is 0 Å². The first-order valence-corrected chi connectivity index (χ1v) is 8.45. The summed E-state index contributed by atoms with van der Waals surface area (Å²) in [7, 11) is 5.01. The molecule has 1 aromatic heterocycles. The van der Waals surface area contributed by atoms with Crippen LogP contribution in [0.4, 0.5) is 0 Å². The number of benzene rings is 1. The molecule has 2 N–H and O–H groups in total. The van der Waals surface area contributed by atoms with Gasteiger partial charge in [-0.3, -0.25) is 9.98 Å². The highest BCUT2D eigenvalue weighted by molar-refractivity contribution is 5.79. The van der Waals surface area contributed by atoms with E-state index in [-0.39, 0.29) is 0 Å². The zero-order chi connectivity index (χ0) is 18.6. The highest BCUT2D eigenvalue weighted by Gasteiger charge is 2.05. The smallest absolute Gasteiger partial charge is 0.191 e. The standard InChI is InChI=1S/C19H26N4O3/c1-20-19(23-11-12-26-16-5-4-9-21-14-16)22-10-8-15-6-7-17(24-2)18(13-15)25-3/h4-7,9,13-14H,8,10-12H2,1-3H3,(H2,20,22,23). The number of aromatic nitrogens is 1. The van der Waals surface area contributed by atoms with Gasteiger partial charge in [0.1, 0.15) is 12.4 Å². The van der Waals surface area contributed by atoms with Gasteiger partial charge in [-0.1, -0.05) is 6.07 Å². The third kappa shape index (κ3) is 6.16. The maximum Gasteiger partial charge on any atom is 0.191 e. The summed E-state index contributed by atoms with van der Waals surface area (Å²) in [5.41, 5.74) is 1.16. The molecule has 0 saturated carbocycles. The van der Waals surface area contributed by atoms with Gasteiger partial charge in [-0.25, -0.2) is 0 Å². The van der Waals surface area contributed by atoms with E-state index in [9.17, 15) is 0 Å². The topological polar surface area (TPSA) is 77.0 Å². The third-order valence-electron chi connectivity index (χ3n) is 3.68. The van der Waals surface area contributed by atoms with E-state index in [1.807, 2.05) is 30.3 Å². The molecule has 2 aromatic rings. The lowest BCUT2D eigenvalue weighted by Crippen LogP contribution is -2.40. The lowest BCUT2D eigenvalue weighted by molar-refractivity contribution is 0.320. The minimum Gasteiger partial charge on any atom is -0.493 e. The van der Waals surface area contributed by atoms with E-state index >= 15 is 0 Å². The van der Waals surface area contributed by atoms with Crippen molar-refractivity contribution in [3.63, 3.8) is 0 Å². The van der Waals surface area contributed by atoms with Crippen LogP contribution in [0.3, 0.4) is 0 Å². The van der Waals surface area contributed by atoms with Gasteiger partial charge in [0, 0.05) is 19.8 Å². The van der Waals surface area contributed by atoms with Gasteiger partial charge in [0.15, 0.2) is 17.5 Å². The van der Waals surface area contributed by atoms with Crippen LogP contribution in [0.5, 0.6) is 17.2 Å². The first kappa shape index (κ1) is 19.4. The summed E-state index contributed by atoms with van der Waals surface area (Å²) in [4.78, 5) is 8.22. The van der Waals surface area contributed by atoms with Crippen molar-refractivity contribution in [2.24, 2.45) is 4.99 Å². The second-order valence-corrected chi connectivity index (χ2v) is 5.40. The average molecular weight is 358 g/mol. The van der Waals surface area contributed by atoms with Gasteiger partial charge in [-0.05, 0) is 36.2 Å². The molecule has 0 unspecified atom stereocenters. The molecule has 0 aliphatic heterocycles. The Morgan fingerprint density at radius 3 is 2.58 bits per heavy atom. The monoisotopic (exact) mass is 358 g/mol. The van der Waals surface area contributed by atoms with Gasteiger partial charge in [-0.15, -0.1) is 0 Å². The van der Waals surface area contributed by atoms with Crippen LogP contribution in [-0.4, -0.2) is 51.9 Å². The summed E-state index contributed by atoms with van der Waals surface area (Å²) in [5, 5.41) is 6.50. The molecule has 26 heavy (non-hydrogen) atoms. The Labute approximate surface area is 154 Å². The largest absolute Gasteiger partial charge is 0.493 e. The molecule has 140 valence electrons. The van der Waals surface area contributed by atoms with Crippen LogP contribution in [0.15, 0.2) is 47.7 Å². The predicted octanol–water partition coefficient (Wildman–Crippen LogP) is 1.89. The summed E-state index contributed by atoms with van der Waals surface area (Å²) in [6.45, 7) is 1.92. The van der Waals surface area contributed by atoms with E-state index in [0.29, 0.717) is 13.2 Å². The Balaban J connectivity index is 1.70. The van der Waals surface area contributed by atoms with Crippen molar-refractivity contribution in [2.75, 3.05) is 41.0 Å². The van der Waals surface area contributed by atoms with Crippen LogP contribution in [-0.2, 0) is 6.42 Å². The molecule has 0 atom stereocenters. The van der Waals surface area contributed by atoms with E-state index in [4.69, 9.17) is 14.2 Å². The molecule has 7 heteroatoms. The van der Waals surface area contributed by atoms with E-state index in [1.165, 1.54) is 0 Å². The summed E-state index contributed by atoms with van der Waals surface area (Å²) >= 11 is 0. The maximum atomic E-state index is 5.59. The molecule has 7 nitrogen and oxygen atoms in total. The van der Waals surface area contributed by atoms with Crippen molar-refractivity contribution in [1.29, 1.82) is 0 Å². The van der Waals surface area contributed by atoms with Gasteiger partial charge in [0.2, 0.25) is 0 Å². The lowest BCUT2D eigenvalue weighted by atomic mass is 10.1. The Kier molecular flexibility index (Phi) is 8.05. The molecule has 0 radical (unpaired) electrons. The highest BCUT2D eigenvalue weighted by atomic mass is 16.5. The SMILES string of the molecule is CN=C(NCCOc1cccnc1)NCCc1ccc(OC)c(OC)c1. The van der Waals surface area contributed by atoms with Crippen molar-refractivity contribution in [3.8, 4) is 17.2 Å². The van der Waals surface area contributed by atoms with Crippen LogP contribution >= 0.6 is 0 Å². The molecule has 2 rings (SSSR count). The number of pyridine rings is 1. The molecule has 0 saturated heterocycles. The van der Waals surface area contributed by atoms with Gasteiger partial charge in [0.25, 0.3) is 0 Å². The molecule has 0 spiro atoms. The van der Waals surface area contributed by atoms with Crippen LogP contribution in [0.2, 0.25) is 0 Å². The molecule has 1 aromatic carbocycles. The molecule has 0 fully saturated rings. The van der Waals surface area contributed by atoms with Crippen molar-refractivity contribution in [1.82, 2.24) is 15.6 Å². The molecule has 1 heterocycles. The third-order valence-corrected chi connectivity index (χ3v) is 3.68. The number of guanidine groups is 1. The van der Waals surface area contributed by atoms with Gasteiger partial charge < -0.3 is 24.8 Å². The number of hydrogen-bond acceptors (Lipinski definition) is 5. The zero-order valence-corrected chi connectivity index (χ0v) is 15.5. The Morgan fingerprint density at radius 1 is 1.08 bits per heavy atom. The normalized spacial score (nSPS) is 11.0. The van der Waals surface area contributed by atoms with E-state index < -0.39 is 0 Å². The second-order valence-electron chi connectivity index (χ2n) is 5.40. The van der Waals surface area contributed by atoms with E-state index in [2.05, 4.69) is 20.6 Å². The second kappa shape index (κ2) is 10.8. The van der Waals surface area contributed by atoms with Crippen molar-refractivity contribution < 1.29 is 14.2 Å². The number of aliphatic imine (C=N–C) groups is 1. The molecular weight excluding hydrogens is 332 g/mol. The van der Waals surface area contributed by atoms with Gasteiger partial charge in [-0.2, -0.15) is 0 Å². The maximum absolute atomic E-state index is 5.59. The van der Waals surface area contributed by atoms with E-state index in [1.54, 1.807) is 33.7 Å². The van der Waals surface area contributed by atoms with Crippen molar-refractivity contribution in [3.05, 3.63) is 48.3 Å². The average Bonchev–Trinajstić information content (AvgIpc) is 2.70. The Morgan fingerprint density at radius 2 is 1.88 bits per heavy atom. The number of ether oxygens (including phenoxy) is 3. The van der Waals surface area contributed by atoms with Crippen LogP contribution < -0.4 is 24.8 Å². The minimum absolute atomic E-state index is 0.530. The lowest BCUT2D eigenvalue weighted by Gasteiger charge is -2.13. The number of nitrogens with one attached hydrogen (secondary N) is 2. The van der Waals surface area contributed by atoms with Crippen molar-refractivity contribution in [2.45, 2.75) is 6.42 Å². The summed E-state index contributed by atoms with van der Waals surface area (Å²) in [6.07, 6.45) is 4.25. The summed E-state index contributed by atoms with van der Waals surface area (Å²) in [5.74, 6) is 2.96. The molecule has 0 amide bonds. The number of methoxy groups -OCH3 is 2. The van der Waals surface area contributed by atoms with Crippen molar-refractivity contribution >= 4 is 5.96 Å². The zero-order valence-electron chi connectivity index (χ0n) is 15.5. The summed E-state index contributed by atoms with van der Waals surface area (Å²) < 4.78 is 16.2. The fourth-order valence-corrected chi connectivity index (χ4v) is 2.35. The highest BCUT2D eigenvalue weighted by Crippen LogP contribution is 2.27. The van der Waals surface area contributed by atoms with E-state index in [0.717, 1.165) is 41.7 Å². The molecule has 0 bridgehead atoms. The van der Waals surface area contributed by atoms with Gasteiger partial charge in [0.05, 0.1) is 27.0 Å². The summed E-state index contributed by atoms with van der Waals surface area (Å²) in [6, 6.07) is 9.65. The molecular formula is C19H26N4O3. The fourth-order valence-electron chi connectivity index (χ4n) is 2.35.